The normalized spacial score (nSPS) is 12.9. The number of carbonyl (C=O) groups is 2. The Labute approximate surface area is 167 Å². The first-order valence-corrected chi connectivity index (χ1v) is 9.25. The molecule has 150 valence electrons. The first-order chi connectivity index (χ1) is 13.8. The maximum atomic E-state index is 12.4. The molecule has 0 bridgehead atoms. The summed E-state index contributed by atoms with van der Waals surface area (Å²) in [5, 5.41) is 3.72. The average molecular weight is 393 g/mol. The molecule has 0 aliphatic heterocycles. The monoisotopic (exact) mass is 393 g/mol. The molecule has 1 heterocycles. The van der Waals surface area contributed by atoms with Crippen LogP contribution in [-0.2, 0) is 9.59 Å². The second kappa shape index (κ2) is 8.18. The van der Waals surface area contributed by atoms with Crippen LogP contribution in [-0.4, -0.2) is 28.9 Å². The molecule has 0 fully saturated rings. The fraction of sp³-hybridized carbons (Fsp3) is 0.227. The lowest BCUT2D eigenvalue weighted by Gasteiger charge is -2.17. The maximum absolute atomic E-state index is 12.4. The van der Waals surface area contributed by atoms with Crippen molar-refractivity contribution in [2.75, 3.05) is 0 Å². The smallest absolute Gasteiger partial charge is 0.261 e. The molecular weight excluding hydrogens is 370 g/mol. The predicted molar refractivity (Wildman–Crippen MR) is 112 cm³/mol. The fourth-order valence-electron chi connectivity index (χ4n) is 3.07. The SMILES string of the molecule is Cc1ccccc1-c1c[nH]c(=O)c2cc(O[C@H](C)C(=O)N[C@@H](C)C(N)=O)ccc12. The minimum Gasteiger partial charge on any atom is -0.481 e. The zero-order valence-electron chi connectivity index (χ0n) is 16.5. The summed E-state index contributed by atoms with van der Waals surface area (Å²) < 4.78 is 5.67. The Morgan fingerprint density at radius 2 is 1.79 bits per heavy atom. The third-order valence-electron chi connectivity index (χ3n) is 4.78. The number of pyridine rings is 1. The third-order valence-corrected chi connectivity index (χ3v) is 4.78. The molecule has 0 saturated heterocycles. The van der Waals surface area contributed by atoms with Crippen LogP contribution in [0.15, 0.2) is 53.5 Å². The molecule has 4 N–H and O–H groups in total. The van der Waals surface area contributed by atoms with E-state index < -0.39 is 24.0 Å². The van der Waals surface area contributed by atoms with Crippen LogP contribution in [0.25, 0.3) is 21.9 Å². The summed E-state index contributed by atoms with van der Waals surface area (Å²) in [5.41, 5.74) is 7.93. The number of carbonyl (C=O) groups excluding carboxylic acids is 2. The summed E-state index contributed by atoms with van der Waals surface area (Å²) in [5.74, 6) is -0.732. The molecule has 7 nitrogen and oxygen atoms in total. The van der Waals surface area contributed by atoms with Crippen LogP contribution in [0.1, 0.15) is 19.4 Å². The fourth-order valence-corrected chi connectivity index (χ4v) is 3.07. The highest BCUT2D eigenvalue weighted by molar-refractivity contribution is 5.97. The zero-order chi connectivity index (χ0) is 21.1. The first-order valence-electron chi connectivity index (χ1n) is 9.25. The third kappa shape index (κ3) is 4.29. The predicted octanol–water partition coefficient (Wildman–Crippen LogP) is 2.26. The molecule has 3 rings (SSSR count). The van der Waals surface area contributed by atoms with Gasteiger partial charge in [0.15, 0.2) is 6.10 Å². The standard InChI is InChI=1S/C22H23N3O4/c1-12-6-4-5-7-16(12)19-11-24-22(28)18-10-15(8-9-17(18)19)29-14(3)21(27)25-13(2)20(23)26/h4-11,13-14H,1-3H3,(H2,23,26)(H,24,28)(H,25,27)/t13-,14+/m0/s1. The topological polar surface area (TPSA) is 114 Å². The Kier molecular flexibility index (Phi) is 5.68. The van der Waals surface area contributed by atoms with Crippen molar-refractivity contribution in [1.82, 2.24) is 10.3 Å². The molecule has 0 saturated carbocycles. The van der Waals surface area contributed by atoms with Crippen molar-refractivity contribution in [2.45, 2.75) is 32.9 Å². The van der Waals surface area contributed by atoms with Crippen molar-refractivity contribution in [3.8, 4) is 16.9 Å². The Morgan fingerprint density at radius 1 is 1.07 bits per heavy atom. The van der Waals surface area contributed by atoms with Gasteiger partial charge in [-0.15, -0.1) is 0 Å². The van der Waals surface area contributed by atoms with Crippen molar-refractivity contribution in [1.29, 1.82) is 0 Å². The number of aromatic nitrogens is 1. The molecule has 0 aliphatic carbocycles. The number of hydrogen-bond donors (Lipinski definition) is 3. The van der Waals surface area contributed by atoms with Gasteiger partial charge in [0.2, 0.25) is 5.91 Å². The molecule has 0 unspecified atom stereocenters. The first kappa shape index (κ1) is 20.1. The number of fused-ring (bicyclic) bond motifs is 1. The highest BCUT2D eigenvalue weighted by atomic mass is 16.5. The van der Waals surface area contributed by atoms with Gasteiger partial charge in [-0.3, -0.25) is 14.4 Å². The van der Waals surface area contributed by atoms with E-state index in [1.807, 2.05) is 31.2 Å². The van der Waals surface area contributed by atoms with Gasteiger partial charge in [-0.2, -0.15) is 0 Å². The molecule has 7 heteroatoms. The number of H-pyrrole nitrogens is 1. The van der Waals surface area contributed by atoms with Crippen LogP contribution in [0.3, 0.4) is 0 Å². The number of ether oxygens (including phenoxy) is 1. The Morgan fingerprint density at radius 3 is 2.48 bits per heavy atom. The van der Waals surface area contributed by atoms with E-state index in [4.69, 9.17) is 10.5 Å². The molecule has 0 aliphatic rings. The lowest BCUT2D eigenvalue weighted by molar-refractivity contribution is -0.131. The Balaban J connectivity index is 1.92. The minimum atomic E-state index is -0.868. The lowest BCUT2D eigenvalue weighted by atomic mass is 9.97. The lowest BCUT2D eigenvalue weighted by Crippen LogP contribution is -2.47. The molecule has 2 atom stereocenters. The van der Waals surface area contributed by atoms with Gasteiger partial charge in [0.1, 0.15) is 11.8 Å². The number of aryl methyl sites for hydroxylation is 1. The number of amides is 2. The van der Waals surface area contributed by atoms with Crippen molar-refractivity contribution in [3.63, 3.8) is 0 Å². The highest BCUT2D eigenvalue weighted by Gasteiger charge is 2.20. The molecule has 29 heavy (non-hydrogen) atoms. The van der Waals surface area contributed by atoms with Crippen molar-refractivity contribution >= 4 is 22.6 Å². The van der Waals surface area contributed by atoms with Gasteiger partial charge in [0.05, 0.1) is 5.39 Å². The van der Waals surface area contributed by atoms with Crippen LogP contribution in [0.4, 0.5) is 0 Å². The number of nitrogens with two attached hydrogens (primary N) is 1. The van der Waals surface area contributed by atoms with Crippen LogP contribution in [0.5, 0.6) is 5.75 Å². The largest absolute Gasteiger partial charge is 0.481 e. The van der Waals surface area contributed by atoms with Crippen LogP contribution in [0, 0.1) is 6.92 Å². The van der Waals surface area contributed by atoms with Gasteiger partial charge < -0.3 is 20.8 Å². The van der Waals surface area contributed by atoms with Crippen molar-refractivity contribution < 1.29 is 14.3 Å². The molecule has 1 aromatic heterocycles. The second-order valence-corrected chi connectivity index (χ2v) is 6.95. The van der Waals surface area contributed by atoms with Gasteiger partial charge in [-0.25, -0.2) is 0 Å². The van der Waals surface area contributed by atoms with E-state index in [1.165, 1.54) is 6.92 Å². The van der Waals surface area contributed by atoms with E-state index in [0.29, 0.717) is 11.1 Å². The maximum Gasteiger partial charge on any atom is 0.261 e. The minimum absolute atomic E-state index is 0.248. The van der Waals surface area contributed by atoms with E-state index >= 15 is 0 Å². The number of benzene rings is 2. The number of hydrogen-bond acceptors (Lipinski definition) is 4. The number of rotatable bonds is 6. The molecule has 0 spiro atoms. The van der Waals surface area contributed by atoms with Crippen molar-refractivity contribution in [2.24, 2.45) is 5.73 Å². The van der Waals surface area contributed by atoms with Crippen molar-refractivity contribution in [3.05, 3.63) is 64.6 Å². The Bertz CT molecular complexity index is 1140. The quantitative estimate of drug-likeness (QED) is 0.596. The molecular formula is C22H23N3O4. The summed E-state index contributed by atoms with van der Waals surface area (Å²) >= 11 is 0. The zero-order valence-corrected chi connectivity index (χ0v) is 16.5. The summed E-state index contributed by atoms with van der Waals surface area (Å²) in [6.07, 6.45) is 0.835. The second-order valence-electron chi connectivity index (χ2n) is 6.95. The Hall–Kier alpha value is -3.61. The number of nitrogens with one attached hydrogen (secondary N) is 2. The highest BCUT2D eigenvalue weighted by Crippen LogP contribution is 2.30. The van der Waals surface area contributed by atoms with Gasteiger partial charge in [-0.1, -0.05) is 24.3 Å². The van der Waals surface area contributed by atoms with E-state index in [1.54, 1.807) is 31.3 Å². The van der Waals surface area contributed by atoms with E-state index in [2.05, 4.69) is 10.3 Å². The van der Waals surface area contributed by atoms with Crippen LogP contribution in [0.2, 0.25) is 0 Å². The van der Waals surface area contributed by atoms with Gasteiger partial charge >= 0.3 is 0 Å². The van der Waals surface area contributed by atoms with Crippen LogP contribution < -0.4 is 21.3 Å². The average Bonchev–Trinajstić information content (AvgIpc) is 2.69. The molecule has 2 amide bonds. The van der Waals surface area contributed by atoms with Gasteiger partial charge in [0.25, 0.3) is 11.5 Å². The summed E-state index contributed by atoms with van der Waals surface area (Å²) in [6, 6.07) is 12.2. The molecule has 2 aromatic carbocycles. The van der Waals surface area contributed by atoms with Gasteiger partial charge in [0, 0.05) is 11.8 Å². The summed E-state index contributed by atoms with van der Waals surface area (Å²) in [7, 11) is 0. The van der Waals surface area contributed by atoms with E-state index in [0.717, 1.165) is 22.1 Å². The number of primary amides is 1. The number of aromatic amines is 1. The van der Waals surface area contributed by atoms with Gasteiger partial charge in [-0.05, 0) is 55.5 Å². The summed E-state index contributed by atoms with van der Waals surface area (Å²) in [6.45, 7) is 5.06. The van der Waals surface area contributed by atoms with Crippen LogP contribution >= 0.6 is 0 Å². The van der Waals surface area contributed by atoms with E-state index in [-0.39, 0.29) is 5.56 Å². The molecule has 0 radical (unpaired) electrons. The molecule has 3 aromatic rings. The van der Waals surface area contributed by atoms with E-state index in [9.17, 15) is 14.4 Å². The summed E-state index contributed by atoms with van der Waals surface area (Å²) in [4.78, 5) is 38.4.